The zero-order valence-electron chi connectivity index (χ0n) is 15.5. The summed E-state index contributed by atoms with van der Waals surface area (Å²) in [4.78, 5) is 0. The van der Waals surface area contributed by atoms with Gasteiger partial charge in [0.05, 0.1) is 7.11 Å². The van der Waals surface area contributed by atoms with Crippen LogP contribution in [0.15, 0.2) is 53.9 Å². The highest BCUT2D eigenvalue weighted by molar-refractivity contribution is 7.03. The molecule has 1 N–H and O–H groups in total. The van der Waals surface area contributed by atoms with Gasteiger partial charge in [0.25, 0.3) is 0 Å². The topological polar surface area (TPSA) is 50.3 Å². The quantitative estimate of drug-likeness (QED) is 0.685. The number of hydrogen-bond donors (Lipinski definition) is 1. The second-order valence-corrected chi connectivity index (χ2v) is 7.38. The van der Waals surface area contributed by atoms with E-state index in [0.29, 0.717) is 6.04 Å². The van der Waals surface area contributed by atoms with E-state index in [-0.39, 0.29) is 0 Å². The summed E-state index contributed by atoms with van der Waals surface area (Å²) in [5.41, 5.74) is 8.13. The Labute approximate surface area is 164 Å². The Morgan fingerprint density at radius 3 is 2.85 bits per heavy atom. The zero-order valence-corrected chi connectivity index (χ0v) is 16.3. The SMILES string of the molecule is COc1ccc(-c2csnn2)cc1CNN1CCCCC1c1ccccc1. The molecular weight excluding hydrogens is 356 g/mol. The lowest BCUT2D eigenvalue weighted by Gasteiger charge is -2.36. The molecule has 1 unspecified atom stereocenters. The molecule has 1 aliphatic rings. The minimum Gasteiger partial charge on any atom is -0.496 e. The van der Waals surface area contributed by atoms with Gasteiger partial charge in [0.15, 0.2) is 0 Å². The predicted molar refractivity (Wildman–Crippen MR) is 108 cm³/mol. The van der Waals surface area contributed by atoms with Gasteiger partial charge in [-0.05, 0) is 48.1 Å². The highest BCUT2D eigenvalue weighted by Gasteiger charge is 2.23. The van der Waals surface area contributed by atoms with Crippen molar-refractivity contribution in [3.05, 3.63) is 65.0 Å². The minimum absolute atomic E-state index is 0.414. The Morgan fingerprint density at radius 2 is 2.07 bits per heavy atom. The van der Waals surface area contributed by atoms with Crippen LogP contribution in [0.3, 0.4) is 0 Å². The molecule has 1 aromatic heterocycles. The lowest BCUT2D eigenvalue weighted by Crippen LogP contribution is -2.43. The van der Waals surface area contributed by atoms with Crippen LogP contribution < -0.4 is 10.2 Å². The third-order valence-corrected chi connectivity index (χ3v) is 5.60. The van der Waals surface area contributed by atoms with Crippen LogP contribution in [0.5, 0.6) is 5.75 Å². The fraction of sp³-hybridized carbons (Fsp3) is 0.333. The van der Waals surface area contributed by atoms with Crippen molar-refractivity contribution in [2.24, 2.45) is 0 Å². The van der Waals surface area contributed by atoms with E-state index in [1.54, 1.807) is 7.11 Å². The molecule has 4 rings (SSSR count). The van der Waals surface area contributed by atoms with E-state index in [4.69, 9.17) is 4.74 Å². The van der Waals surface area contributed by atoms with Gasteiger partial charge < -0.3 is 4.74 Å². The maximum Gasteiger partial charge on any atom is 0.123 e. The van der Waals surface area contributed by atoms with Crippen LogP contribution in [-0.2, 0) is 6.54 Å². The van der Waals surface area contributed by atoms with E-state index >= 15 is 0 Å². The molecule has 27 heavy (non-hydrogen) atoms. The van der Waals surface area contributed by atoms with Crippen LogP contribution in [0, 0.1) is 0 Å². The first-order valence-electron chi connectivity index (χ1n) is 9.34. The number of nitrogens with one attached hydrogen (secondary N) is 1. The number of aromatic nitrogens is 2. The van der Waals surface area contributed by atoms with Crippen LogP contribution in [0.25, 0.3) is 11.3 Å². The van der Waals surface area contributed by atoms with Crippen molar-refractivity contribution < 1.29 is 4.74 Å². The van der Waals surface area contributed by atoms with E-state index in [1.165, 1.54) is 36.4 Å². The maximum absolute atomic E-state index is 5.58. The number of rotatable bonds is 6. The summed E-state index contributed by atoms with van der Waals surface area (Å²) >= 11 is 1.37. The summed E-state index contributed by atoms with van der Waals surface area (Å²) in [6.45, 7) is 1.77. The number of hydrazine groups is 1. The van der Waals surface area contributed by atoms with Crippen molar-refractivity contribution in [2.75, 3.05) is 13.7 Å². The predicted octanol–water partition coefficient (Wildman–Crippen LogP) is 4.45. The highest BCUT2D eigenvalue weighted by atomic mass is 32.1. The van der Waals surface area contributed by atoms with Gasteiger partial charge in [0.1, 0.15) is 11.4 Å². The van der Waals surface area contributed by atoms with Gasteiger partial charge in [0.2, 0.25) is 0 Å². The van der Waals surface area contributed by atoms with E-state index in [0.717, 1.165) is 35.7 Å². The van der Waals surface area contributed by atoms with E-state index in [9.17, 15) is 0 Å². The smallest absolute Gasteiger partial charge is 0.123 e. The van der Waals surface area contributed by atoms with Crippen LogP contribution in [0.4, 0.5) is 0 Å². The van der Waals surface area contributed by atoms with Crippen molar-refractivity contribution in [1.82, 2.24) is 20.0 Å². The van der Waals surface area contributed by atoms with E-state index in [1.807, 2.05) is 17.5 Å². The molecule has 1 saturated heterocycles. The normalized spacial score (nSPS) is 17.7. The van der Waals surface area contributed by atoms with E-state index in [2.05, 4.69) is 56.4 Å². The van der Waals surface area contributed by atoms with Gasteiger partial charge >= 0.3 is 0 Å². The first-order chi connectivity index (χ1) is 13.3. The Balaban J connectivity index is 1.52. The monoisotopic (exact) mass is 380 g/mol. The van der Waals surface area contributed by atoms with Crippen LogP contribution >= 0.6 is 11.5 Å². The lowest BCUT2D eigenvalue weighted by atomic mass is 9.97. The van der Waals surface area contributed by atoms with Crippen LogP contribution in [0.2, 0.25) is 0 Å². The average molecular weight is 381 g/mol. The number of nitrogens with zero attached hydrogens (tertiary/aromatic N) is 3. The molecule has 0 aliphatic carbocycles. The average Bonchev–Trinajstić information content (AvgIpc) is 3.28. The highest BCUT2D eigenvalue weighted by Crippen LogP contribution is 2.30. The Morgan fingerprint density at radius 1 is 1.19 bits per heavy atom. The molecule has 2 aromatic carbocycles. The van der Waals surface area contributed by atoms with Gasteiger partial charge in [-0.3, -0.25) is 5.43 Å². The van der Waals surface area contributed by atoms with Crippen LogP contribution in [0.1, 0.15) is 36.4 Å². The van der Waals surface area contributed by atoms with Gasteiger partial charge in [-0.25, -0.2) is 5.01 Å². The number of ether oxygens (including phenoxy) is 1. The third kappa shape index (κ3) is 4.18. The molecular formula is C21H24N4OS. The fourth-order valence-electron chi connectivity index (χ4n) is 3.70. The number of piperidine rings is 1. The molecule has 6 heteroatoms. The van der Waals surface area contributed by atoms with Crippen molar-refractivity contribution in [1.29, 1.82) is 0 Å². The number of benzene rings is 2. The Hall–Kier alpha value is -2.28. The largest absolute Gasteiger partial charge is 0.496 e. The van der Waals surface area contributed by atoms with Gasteiger partial charge in [-0.15, -0.1) is 5.10 Å². The molecule has 3 aromatic rings. The lowest BCUT2D eigenvalue weighted by molar-refractivity contribution is 0.0822. The van der Waals surface area contributed by atoms with Gasteiger partial charge in [0, 0.05) is 35.6 Å². The molecule has 0 bridgehead atoms. The molecule has 1 fully saturated rings. The summed E-state index contributed by atoms with van der Waals surface area (Å²) in [5.74, 6) is 0.891. The molecule has 0 amide bonds. The van der Waals surface area contributed by atoms with Crippen LogP contribution in [-0.4, -0.2) is 28.3 Å². The molecule has 0 saturated carbocycles. The van der Waals surface area contributed by atoms with E-state index < -0.39 is 0 Å². The molecule has 140 valence electrons. The number of methoxy groups -OCH3 is 1. The van der Waals surface area contributed by atoms with Crippen molar-refractivity contribution in [3.8, 4) is 17.0 Å². The molecule has 2 heterocycles. The maximum atomic E-state index is 5.58. The summed E-state index contributed by atoms with van der Waals surface area (Å²) < 4.78 is 9.55. The first-order valence-corrected chi connectivity index (χ1v) is 10.2. The molecule has 0 spiro atoms. The second-order valence-electron chi connectivity index (χ2n) is 6.77. The Kier molecular flexibility index (Phi) is 5.77. The van der Waals surface area contributed by atoms with Crippen molar-refractivity contribution in [2.45, 2.75) is 31.8 Å². The van der Waals surface area contributed by atoms with Crippen molar-refractivity contribution in [3.63, 3.8) is 0 Å². The summed E-state index contributed by atoms with van der Waals surface area (Å²) in [6, 6.07) is 17.4. The molecule has 1 aliphatic heterocycles. The van der Waals surface area contributed by atoms with Gasteiger partial charge in [-0.1, -0.05) is 41.2 Å². The third-order valence-electron chi connectivity index (χ3n) is 5.10. The Bertz CT molecular complexity index is 854. The zero-order chi connectivity index (χ0) is 18.5. The molecule has 5 nitrogen and oxygen atoms in total. The minimum atomic E-state index is 0.414. The fourth-order valence-corrected chi connectivity index (χ4v) is 4.16. The first kappa shape index (κ1) is 18.1. The second kappa shape index (κ2) is 8.61. The van der Waals surface area contributed by atoms with Gasteiger partial charge in [-0.2, -0.15) is 0 Å². The molecule has 0 radical (unpaired) electrons. The number of hydrogen-bond acceptors (Lipinski definition) is 6. The summed E-state index contributed by atoms with van der Waals surface area (Å²) in [6.07, 6.45) is 3.67. The summed E-state index contributed by atoms with van der Waals surface area (Å²) in [5, 5.41) is 8.53. The van der Waals surface area contributed by atoms with Crippen molar-refractivity contribution >= 4 is 11.5 Å². The summed E-state index contributed by atoms with van der Waals surface area (Å²) in [7, 11) is 1.72. The standard InChI is InChI=1S/C21H24N4OS/c1-26-21-11-10-17(19-15-27-24-23-19)13-18(21)14-22-25-12-6-5-9-20(25)16-7-3-2-4-8-16/h2-4,7-8,10-11,13,15,20,22H,5-6,9,12,14H2,1H3. The molecule has 1 atom stereocenters.